The van der Waals surface area contributed by atoms with E-state index in [4.69, 9.17) is 9.84 Å². The molecule has 5 nitrogen and oxygen atoms in total. The number of carboxylic acid groups (broad SMARTS) is 1. The lowest BCUT2D eigenvalue weighted by atomic mass is 10.1. The lowest BCUT2D eigenvalue weighted by molar-refractivity contribution is -0.144. The van der Waals surface area contributed by atoms with E-state index in [2.05, 4.69) is 11.9 Å². The van der Waals surface area contributed by atoms with Crippen LogP contribution in [0, 0.1) is 0 Å². The van der Waals surface area contributed by atoms with Crippen molar-refractivity contribution in [1.82, 2.24) is 5.32 Å². The fourth-order valence-electron chi connectivity index (χ4n) is 1.82. The number of nitrogens with one attached hydrogen (secondary N) is 1. The van der Waals surface area contributed by atoms with Gasteiger partial charge < -0.3 is 15.2 Å². The van der Waals surface area contributed by atoms with Crippen LogP contribution in [-0.4, -0.2) is 30.1 Å². The van der Waals surface area contributed by atoms with Crippen LogP contribution in [0.25, 0.3) is 0 Å². The van der Waals surface area contributed by atoms with Gasteiger partial charge in [0.25, 0.3) is 5.91 Å². The highest BCUT2D eigenvalue weighted by molar-refractivity contribution is 5.87. The summed E-state index contributed by atoms with van der Waals surface area (Å²) in [5, 5.41) is 11.6. The molecule has 0 aromatic heterocycles. The van der Waals surface area contributed by atoms with Gasteiger partial charge in [0.2, 0.25) is 0 Å². The number of ether oxygens (including phenoxy) is 1. The van der Waals surface area contributed by atoms with Crippen molar-refractivity contribution in [3.8, 4) is 0 Å². The van der Waals surface area contributed by atoms with Crippen molar-refractivity contribution in [2.45, 2.75) is 25.5 Å². The molecular formula is C15H19NO4. The van der Waals surface area contributed by atoms with Gasteiger partial charge in [0.1, 0.15) is 6.04 Å². The van der Waals surface area contributed by atoms with Crippen LogP contribution in [0.5, 0.6) is 0 Å². The van der Waals surface area contributed by atoms with Crippen LogP contribution in [0.3, 0.4) is 0 Å². The predicted molar refractivity (Wildman–Crippen MR) is 75.2 cm³/mol. The zero-order valence-electron chi connectivity index (χ0n) is 11.6. The van der Waals surface area contributed by atoms with Crippen LogP contribution >= 0.6 is 0 Å². The molecule has 1 aromatic rings. The minimum Gasteiger partial charge on any atom is -0.480 e. The molecule has 5 heteroatoms. The van der Waals surface area contributed by atoms with Gasteiger partial charge in [-0.05, 0) is 18.9 Å². The Balaban J connectivity index is 2.81. The molecule has 0 spiro atoms. The number of methoxy groups -OCH3 is 1. The first kappa shape index (κ1) is 15.9. The molecule has 2 atom stereocenters. The van der Waals surface area contributed by atoms with Crippen LogP contribution in [0.1, 0.15) is 25.0 Å². The minimum atomic E-state index is -1.09. The third-order valence-electron chi connectivity index (χ3n) is 2.74. The maximum atomic E-state index is 12.1. The van der Waals surface area contributed by atoms with E-state index in [9.17, 15) is 9.59 Å². The van der Waals surface area contributed by atoms with Crippen molar-refractivity contribution in [2.24, 2.45) is 0 Å². The fraction of sp³-hybridized carbons (Fsp3) is 0.333. The van der Waals surface area contributed by atoms with Gasteiger partial charge in [-0.15, -0.1) is 6.58 Å². The summed E-state index contributed by atoms with van der Waals surface area (Å²) in [6.07, 6.45) is -0.644. The number of carbonyl (C=O) groups is 2. The molecule has 108 valence electrons. The highest BCUT2D eigenvalue weighted by Crippen LogP contribution is 2.17. The van der Waals surface area contributed by atoms with Crippen LogP contribution in [0.15, 0.2) is 42.5 Å². The van der Waals surface area contributed by atoms with Crippen LogP contribution in [0.2, 0.25) is 0 Å². The second-order valence-electron chi connectivity index (χ2n) is 4.59. The Morgan fingerprint density at radius 2 is 1.95 bits per heavy atom. The predicted octanol–water partition coefficient (Wildman–Crippen LogP) is 1.91. The van der Waals surface area contributed by atoms with Gasteiger partial charge in [-0.25, -0.2) is 4.79 Å². The van der Waals surface area contributed by atoms with Crippen molar-refractivity contribution in [2.75, 3.05) is 7.11 Å². The SMILES string of the molecule is C=C(C)C[C@H](NC(=O)[C@H](OC)c1ccccc1)C(=O)O. The van der Waals surface area contributed by atoms with Gasteiger partial charge in [0.15, 0.2) is 6.10 Å². The Labute approximate surface area is 118 Å². The smallest absolute Gasteiger partial charge is 0.326 e. The van der Waals surface area contributed by atoms with Crippen molar-refractivity contribution < 1.29 is 19.4 Å². The zero-order valence-corrected chi connectivity index (χ0v) is 11.6. The number of amides is 1. The van der Waals surface area contributed by atoms with E-state index in [1.54, 1.807) is 31.2 Å². The number of rotatable bonds is 7. The number of carbonyl (C=O) groups excluding carboxylic acids is 1. The molecule has 0 aliphatic heterocycles. The second-order valence-corrected chi connectivity index (χ2v) is 4.59. The van der Waals surface area contributed by atoms with Crippen molar-refractivity contribution in [1.29, 1.82) is 0 Å². The Morgan fingerprint density at radius 1 is 1.35 bits per heavy atom. The molecule has 0 radical (unpaired) electrons. The van der Waals surface area contributed by atoms with E-state index >= 15 is 0 Å². The molecule has 0 unspecified atom stereocenters. The normalized spacial score (nSPS) is 13.3. The highest BCUT2D eigenvalue weighted by Gasteiger charge is 2.26. The molecule has 0 fully saturated rings. The number of hydrogen-bond acceptors (Lipinski definition) is 3. The van der Waals surface area contributed by atoms with E-state index in [0.29, 0.717) is 11.1 Å². The number of hydrogen-bond donors (Lipinski definition) is 2. The maximum Gasteiger partial charge on any atom is 0.326 e. The topological polar surface area (TPSA) is 75.6 Å². The first-order valence-corrected chi connectivity index (χ1v) is 6.21. The molecular weight excluding hydrogens is 258 g/mol. The molecule has 0 saturated carbocycles. The van der Waals surface area contributed by atoms with E-state index in [0.717, 1.165) is 0 Å². The summed E-state index contributed by atoms with van der Waals surface area (Å²) in [6.45, 7) is 5.38. The van der Waals surface area contributed by atoms with Crippen LogP contribution in [-0.2, 0) is 14.3 Å². The molecule has 0 aliphatic carbocycles. The Bertz CT molecular complexity index is 484. The zero-order chi connectivity index (χ0) is 15.1. The van der Waals surface area contributed by atoms with Gasteiger partial charge in [-0.3, -0.25) is 4.79 Å². The summed E-state index contributed by atoms with van der Waals surface area (Å²) in [5.74, 6) is -1.57. The standard InChI is InChI=1S/C15H19NO4/c1-10(2)9-12(15(18)19)16-14(17)13(20-3)11-7-5-4-6-8-11/h4-8,12-13H,1,9H2,2-3H3,(H,16,17)(H,18,19)/t12-,13+/m0/s1. The van der Waals surface area contributed by atoms with Gasteiger partial charge in [0, 0.05) is 7.11 Å². The van der Waals surface area contributed by atoms with Crippen molar-refractivity contribution in [3.05, 3.63) is 48.0 Å². The largest absolute Gasteiger partial charge is 0.480 e. The van der Waals surface area contributed by atoms with E-state index < -0.39 is 24.0 Å². The molecule has 0 heterocycles. The summed E-state index contributed by atoms with van der Waals surface area (Å²) < 4.78 is 5.16. The van der Waals surface area contributed by atoms with Gasteiger partial charge in [-0.1, -0.05) is 35.9 Å². The molecule has 2 N–H and O–H groups in total. The maximum absolute atomic E-state index is 12.1. The molecule has 0 saturated heterocycles. The number of benzene rings is 1. The lowest BCUT2D eigenvalue weighted by Gasteiger charge is -2.19. The molecule has 0 bridgehead atoms. The molecule has 1 amide bonds. The van der Waals surface area contributed by atoms with Crippen LogP contribution < -0.4 is 5.32 Å². The fourth-order valence-corrected chi connectivity index (χ4v) is 1.82. The summed E-state index contributed by atoms with van der Waals surface area (Å²) in [4.78, 5) is 23.3. The van der Waals surface area contributed by atoms with Gasteiger partial charge in [-0.2, -0.15) is 0 Å². The molecule has 1 rings (SSSR count). The number of aliphatic carboxylic acids is 1. The summed E-state index contributed by atoms with van der Waals surface area (Å²) in [5.41, 5.74) is 1.36. The van der Waals surface area contributed by atoms with Crippen LogP contribution in [0.4, 0.5) is 0 Å². The third-order valence-corrected chi connectivity index (χ3v) is 2.74. The Hall–Kier alpha value is -2.14. The lowest BCUT2D eigenvalue weighted by Crippen LogP contribution is -2.43. The number of carboxylic acids is 1. The van der Waals surface area contributed by atoms with E-state index in [-0.39, 0.29) is 6.42 Å². The summed E-state index contributed by atoms with van der Waals surface area (Å²) >= 11 is 0. The van der Waals surface area contributed by atoms with Crippen molar-refractivity contribution in [3.63, 3.8) is 0 Å². The summed E-state index contributed by atoms with van der Waals surface area (Å²) in [7, 11) is 1.41. The molecule has 20 heavy (non-hydrogen) atoms. The average molecular weight is 277 g/mol. The molecule has 1 aromatic carbocycles. The Kier molecular flexibility index (Phi) is 5.93. The highest BCUT2D eigenvalue weighted by atomic mass is 16.5. The second kappa shape index (κ2) is 7.45. The van der Waals surface area contributed by atoms with E-state index in [1.807, 2.05) is 6.07 Å². The monoisotopic (exact) mass is 277 g/mol. The van der Waals surface area contributed by atoms with Gasteiger partial charge in [0.05, 0.1) is 0 Å². The first-order valence-electron chi connectivity index (χ1n) is 6.21. The minimum absolute atomic E-state index is 0.187. The molecule has 0 aliphatic rings. The average Bonchev–Trinajstić information content (AvgIpc) is 2.39. The van der Waals surface area contributed by atoms with Crippen molar-refractivity contribution >= 4 is 11.9 Å². The van der Waals surface area contributed by atoms with Gasteiger partial charge >= 0.3 is 5.97 Å². The summed E-state index contributed by atoms with van der Waals surface area (Å²) in [6, 6.07) is 7.91. The third kappa shape index (κ3) is 4.51. The quantitative estimate of drug-likeness (QED) is 0.746. The van der Waals surface area contributed by atoms with E-state index in [1.165, 1.54) is 7.11 Å². The first-order chi connectivity index (χ1) is 9.45. The Morgan fingerprint density at radius 3 is 2.40 bits per heavy atom.